The predicted octanol–water partition coefficient (Wildman–Crippen LogP) is 5.71. The second kappa shape index (κ2) is 11.6. The second-order valence-electron chi connectivity index (χ2n) is 11.9. The van der Waals surface area contributed by atoms with Crippen molar-refractivity contribution in [3.63, 3.8) is 0 Å². The van der Waals surface area contributed by atoms with Crippen molar-refractivity contribution >= 4 is 23.2 Å². The molecule has 4 aromatic carbocycles. The van der Waals surface area contributed by atoms with Gasteiger partial charge in [0.1, 0.15) is 41.4 Å². The molecular formula is C36H35N3O7. The Morgan fingerprint density at radius 1 is 0.739 bits per heavy atom. The van der Waals surface area contributed by atoms with Gasteiger partial charge in [0.15, 0.2) is 0 Å². The molecule has 4 aromatic rings. The van der Waals surface area contributed by atoms with Gasteiger partial charge in [-0.05, 0) is 79.6 Å². The highest BCUT2D eigenvalue weighted by Gasteiger charge is 2.68. The molecule has 7 rings (SSSR count). The molecule has 236 valence electrons. The third-order valence-electron chi connectivity index (χ3n) is 9.02. The maximum absolute atomic E-state index is 13.1. The first-order chi connectivity index (χ1) is 22.2. The van der Waals surface area contributed by atoms with Gasteiger partial charge in [-0.25, -0.2) is 4.90 Å². The number of carbonyl (C=O) groups excluding carboxylic acids is 2. The van der Waals surface area contributed by atoms with Gasteiger partial charge in [0.25, 0.3) is 11.8 Å². The van der Waals surface area contributed by atoms with E-state index in [0.717, 1.165) is 11.1 Å². The van der Waals surface area contributed by atoms with Gasteiger partial charge in [0.05, 0.1) is 26.4 Å². The fourth-order valence-corrected chi connectivity index (χ4v) is 6.63. The fraction of sp³-hybridized carbons (Fsp3) is 0.278. The predicted molar refractivity (Wildman–Crippen MR) is 171 cm³/mol. The number of para-hydroxylation sites is 1. The Hall–Kier alpha value is -4.74. The number of nitrogens with one attached hydrogen (secondary N) is 2. The van der Waals surface area contributed by atoms with E-state index >= 15 is 0 Å². The van der Waals surface area contributed by atoms with E-state index in [9.17, 15) is 9.59 Å². The van der Waals surface area contributed by atoms with Crippen LogP contribution in [-0.2, 0) is 25.4 Å². The number of nitrogens with zero attached hydrogens (tertiary/aromatic N) is 1. The Morgan fingerprint density at radius 3 is 2.09 bits per heavy atom. The Labute approximate surface area is 267 Å². The smallest absolute Gasteiger partial charge is 0.259 e. The lowest BCUT2D eigenvalue weighted by atomic mass is 9.93. The molecule has 0 bridgehead atoms. The number of hydrogen-bond donors (Lipinski definition) is 2. The summed E-state index contributed by atoms with van der Waals surface area (Å²) in [5, 5.41) is 5.99. The summed E-state index contributed by atoms with van der Waals surface area (Å²) in [5.74, 6) is 0.585. The van der Waals surface area contributed by atoms with Crippen LogP contribution in [0.3, 0.4) is 0 Å². The van der Waals surface area contributed by atoms with E-state index in [1.807, 2.05) is 68.4 Å². The Bertz CT molecular complexity index is 1810. The molecule has 0 aliphatic carbocycles. The molecule has 10 heteroatoms. The first-order valence-electron chi connectivity index (χ1n) is 15.1. The van der Waals surface area contributed by atoms with Crippen LogP contribution in [0, 0.1) is 0 Å². The number of rotatable bonds is 8. The topological polar surface area (TPSA) is 108 Å². The molecule has 2 amide bonds. The van der Waals surface area contributed by atoms with E-state index in [1.54, 1.807) is 49.6 Å². The highest BCUT2D eigenvalue weighted by molar-refractivity contribution is 6.06. The minimum absolute atomic E-state index is 0.245. The first kappa shape index (κ1) is 29.9. The van der Waals surface area contributed by atoms with Gasteiger partial charge in [-0.1, -0.05) is 42.5 Å². The summed E-state index contributed by atoms with van der Waals surface area (Å²) in [4.78, 5) is 28.3. The molecule has 3 aliphatic rings. The summed E-state index contributed by atoms with van der Waals surface area (Å²) >= 11 is 0. The minimum Gasteiger partial charge on any atom is -0.497 e. The SMILES string of the molecule is COc1cccc(C(=O)Nc2cccc([C@@]3(C)O[C@H]4CO[C@@H]5N4[C@H]3O[C@]5(C)c3cccc(NC(=O)c4ccccc4OC)c3)c2)c1. The molecule has 2 N–H and O–H groups in total. The van der Waals surface area contributed by atoms with Crippen LogP contribution in [0.15, 0.2) is 97.1 Å². The van der Waals surface area contributed by atoms with Crippen molar-refractivity contribution in [1.29, 1.82) is 0 Å². The van der Waals surface area contributed by atoms with Gasteiger partial charge in [-0.3, -0.25) is 9.59 Å². The molecular weight excluding hydrogens is 586 g/mol. The van der Waals surface area contributed by atoms with Crippen LogP contribution in [-0.4, -0.2) is 56.2 Å². The van der Waals surface area contributed by atoms with E-state index in [-0.39, 0.29) is 18.0 Å². The van der Waals surface area contributed by atoms with Crippen LogP contribution in [0.25, 0.3) is 0 Å². The van der Waals surface area contributed by atoms with Crippen molar-refractivity contribution < 1.29 is 33.3 Å². The van der Waals surface area contributed by atoms with E-state index in [2.05, 4.69) is 15.5 Å². The maximum atomic E-state index is 13.1. The lowest BCUT2D eigenvalue weighted by molar-refractivity contribution is -0.138. The molecule has 10 nitrogen and oxygen atoms in total. The first-order valence-corrected chi connectivity index (χ1v) is 15.1. The van der Waals surface area contributed by atoms with Crippen molar-refractivity contribution in [2.24, 2.45) is 0 Å². The quantitative estimate of drug-likeness (QED) is 0.258. The summed E-state index contributed by atoms with van der Waals surface area (Å²) in [5.41, 5.74) is 2.17. The standard InChI is InChI=1S/C36H35N3O7/c1-35(23-11-8-14-26(19-23)38-32(41)28-16-5-6-17-29(28)43-4)33-39-30(21-44-33)45-36(2,34(39)46-35)24-12-9-13-25(20-24)37-31(40)22-10-7-15-27(18-22)42-3/h5-20,30,33-34H,21H2,1-4H3,(H,37,40)(H,38,41)/t30-,33-,34-,35+,36+/m0/s1. The number of hydrogen-bond acceptors (Lipinski definition) is 8. The molecule has 0 saturated carbocycles. The average Bonchev–Trinajstić information content (AvgIpc) is 3.73. The average molecular weight is 622 g/mol. The molecule has 3 aliphatic heterocycles. The van der Waals surface area contributed by atoms with Crippen LogP contribution < -0.4 is 20.1 Å². The zero-order valence-corrected chi connectivity index (χ0v) is 26.0. The normalized spacial score (nSPS) is 26.4. The van der Waals surface area contributed by atoms with Crippen LogP contribution in [0.4, 0.5) is 11.4 Å². The Balaban J connectivity index is 1.14. The van der Waals surface area contributed by atoms with E-state index in [0.29, 0.717) is 40.6 Å². The maximum Gasteiger partial charge on any atom is 0.259 e. The number of anilines is 2. The number of methoxy groups -OCH3 is 2. The van der Waals surface area contributed by atoms with Crippen LogP contribution in [0.1, 0.15) is 45.7 Å². The molecule has 0 spiro atoms. The Morgan fingerprint density at radius 2 is 1.39 bits per heavy atom. The highest BCUT2D eigenvalue weighted by Crippen LogP contribution is 2.56. The van der Waals surface area contributed by atoms with Gasteiger partial charge in [-0.15, -0.1) is 0 Å². The van der Waals surface area contributed by atoms with Crippen molar-refractivity contribution in [1.82, 2.24) is 4.90 Å². The molecule has 0 radical (unpaired) electrons. The van der Waals surface area contributed by atoms with Gasteiger partial charge >= 0.3 is 0 Å². The lowest BCUT2D eigenvalue weighted by Crippen LogP contribution is -2.40. The summed E-state index contributed by atoms with van der Waals surface area (Å²) < 4.78 is 30.4. The molecule has 5 atom stereocenters. The molecule has 0 aromatic heterocycles. The van der Waals surface area contributed by atoms with Gasteiger partial charge in [-0.2, -0.15) is 0 Å². The van der Waals surface area contributed by atoms with Crippen LogP contribution in [0.2, 0.25) is 0 Å². The minimum atomic E-state index is -0.867. The lowest BCUT2D eigenvalue weighted by Gasteiger charge is -2.33. The third kappa shape index (κ3) is 5.00. The zero-order chi connectivity index (χ0) is 32.1. The third-order valence-corrected chi connectivity index (χ3v) is 9.02. The van der Waals surface area contributed by atoms with Crippen molar-refractivity contribution in [3.8, 4) is 11.5 Å². The summed E-state index contributed by atoms with van der Waals surface area (Å²) in [7, 11) is 3.11. The van der Waals surface area contributed by atoms with Crippen LogP contribution >= 0.6 is 0 Å². The largest absolute Gasteiger partial charge is 0.497 e. The zero-order valence-electron chi connectivity index (χ0n) is 26.0. The summed E-state index contributed by atoms with van der Waals surface area (Å²) in [6.45, 7) is 4.39. The van der Waals surface area contributed by atoms with Crippen LogP contribution in [0.5, 0.6) is 11.5 Å². The number of ether oxygens (including phenoxy) is 5. The molecule has 3 saturated heterocycles. The molecule has 3 heterocycles. The van der Waals surface area contributed by atoms with E-state index in [1.165, 1.54) is 7.11 Å². The van der Waals surface area contributed by atoms with E-state index in [4.69, 9.17) is 23.7 Å². The highest BCUT2D eigenvalue weighted by atomic mass is 16.7. The van der Waals surface area contributed by atoms with Crippen molar-refractivity contribution in [2.75, 3.05) is 31.5 Å². The molecule has 3 fully saturated rings. The fourth-order valence-electron chi connectivity index (χ4n) is 6.63. The number of amides is 2. The van der Waals surface area contributed by atoms with E-state index < -0.39 is 23.7 Å². The van der Waals surface area contributed by atoms with Gasteiger partial charge in [0.2, 0.25) is 0 Å². The summed E-state index contributed by atoms with van der Waals surface area (Å²) in [6.07, 6.45) is -1.21. The van der Waals surface area contributed by atoms with Gasteiger partial charge in [0, 0.05) is 16.9 Å². The molecule has 46 heavy (non-hydrogen) atoms. The second-order valence-corrected chi connectivity index (χ2v) is 11.9. The van der Waals surface area contributed by atoms with Crippen molar-refractivity contribution in [2.45, 2.75) is 43.7 Å². The monoisotopic (exact) mass is 621 g/mol. The van der Waals surface area contributed by atoms with Crippen molar-refractivity contribution in [3.05, 3.63) is 119 Å². The van der Waals surface area contributed by atoms with Gasteiger partial charge < -0.3 is 34.3 Å². The number of carbonyl (C=O) groups is 2. The summed E-state index contributed by atoms with van der Waals surface area (Å²) in [6, 6.07) is 29.4. The molecule has 0 unspecified atom stereocenters. The number of benzene rings is 4. The Kier molecular flexibility index (Phi) is 7.53.